The van der Waals surface area contributed by atoms with Crippen LogP contribution in [0.2, 0.25) is 0 Å². The van der Waals surface area contributed by atoms with E-state index < -0.39 is 33.5 Å². The van der Waals surface area contributed by atoms with Gasteiger partial charge in [-0.25, -0.2) is 0 Å². The van der Waals surface area contributed by atoms with Crippen molar-refractivity contribution in [2.45, 2.75) is 13.8 Å². The summed E-state index contributed by atoms with van der Waals surface area (Å²) in [6.45, 7) is 2.17. The number of ether oxygens (including phenoxy) is 2. The molecule has 0 unspecified atom stereocenters. The number of carbonyl (C=O) groups is 2. The number of ketones is 2. The highest BCUT2D eigenvalue weighted by atomic mass is 16.6. The van der Waals surface area contributed by atoms with Gasteiger partial charge >= 0.3 is 0 Å². The fraction of sp³-hybridized carbons (Fsp3) is 0.286. The first-order valence-electron chi connectivity index (χ1n) is 6.10. The van der Waals surface area contributed by atoms with Crippen molar-refractivity contribution >= 4 is 23.0 Å². The Morgan fingerprint density at radius 2 is 1.55 bits per heavy atom. The molecule has 0 aliphatic rings. The van der Waals surface area contributed by atoms with E-state index in [9.17, 15) is 24.8 Å². The number of carbonyl (C=O) groups excluding carboxylic acids is 2. The fourth-order valence-corrected chi connectivity index (χ4v) is 1.93. The lowest BCUT2D eigenvalue weighted by atomic mass is 10.0. The Kier molecular flexibility index (Phi) is 5.23. The number of aliphatic hydroxyl groups excluding tert-OH is 1. The molecule has 22 heavy (non-hydrogen) atoms. The van der Waals surface area contributed by atoms with E-state index in [1.165, 1.54) is 14.2 Å². The maximum absolute atomic E-state index is 11.5. The van der Waals surface area contributed by atoms with Gasteiger partial charge in [0.05, 0.1) is 30.8 Å². The van der Waals surface area contributed by atoms with Crippen molar-refractivity contribution in [1.29, 1.82) is 0 Å². The van der Waals surface area contributed by atoms with Crippen LogP contribution in [0.3, 0.4) is 0 Å². The molecule has 0 atom stereocenters. The topological polar surface area (TPSA) is 116 Å². The number of benzene rings is 1. The van der Waals surface area contributed by atoms with Gasteiger partial charge in [0.2, 0.25) is 0 Å². The zero-order valence-electron chi connectivity index (χ0n) is 12.5. The second kappa shape index (κ2) is 6.70. The molecular formula is C14H15NO7. The third-order valence-corrected chi connectivity index (χ3v) is 2.89. The van der Waals surface area contributed by atoms with Gasteiger partial charge in [0, 0.05) is 6.07 Å². The van der Waals surface area contributed by atoms with Crippen LogP contribution in [-0.4, -0.2) is 35.8 Å². The first kappa shape index (κ1) is 17.2. The predicted molar refractivity (Wildman–Crippen MR) is 77.1 cm³/mol. The van der Waals surface area contributed by atoms with Crippen molar-refractivity contribution in [3.8, 4) is 11.5 Å². The van der Waals surface area contributed by atoms with Gasteiger partial charge in [0.15, 0.2) is 23.1 Å². The van der Waals surface area contributed by atoms with Crippen LogP contribution >= 0.6 is 0 Å². The highest BCUT2D eigenvalue weighted by Crippen LogP contribution is 2.37. The number of rotatable bonds is 6. The summed E-state index contributed by atoms with van der Waals surface area (Å²) in [7, 11) is 2.61. The molecule has 118 valence electrons. The Hall–Kier alpha value is -2.90. The first-order chi connectivity index (χ1) is 10.2. The van der Waals surface area contributed by atoms with Gasteiger partial charge in [-0.05, 0) is 13.8 Å². The van der Waals surface area contributed by atoms with Gasteiger partial charge in [-0.2, -0.15) is 0 Å². The molecule has 0 amide bonds. The van der Waals surface area contributed by atoms with Gasteiger partial charge in [-0.1, -0.05) is 0 Å². The van der Waals surface area contributed by atoms with E-state index in [-0.39, 0.29) is 17.1 Å². The molecule has 1 aromatic rings. The van der Waals surface area contributed by atoms with Crippen molar-refractivity contribution in [1.82, 2.24) is 0 Å². The van der Waals surface area contributed by atoms with Crippen LogP contribution in [0.25, 0.3) is 5.76 Å². The Morgan fingerprint density at radius 1 is 1.09 bits per heavy atom. The lowest BCUT2D eigenvalue weighted by Gasteiger charge is -2.11. The summed E-state index contributed by atoms with van der Waals surface area (Å²) >= 11 is 0. The number of Topliss-reactive ketones (excluding diaryl/α,β-unsaturated/α-hetero) is 2. The zero-order chi connectivity index (χ0) is 17.0. The Labute approximate surface area is 126 Å². The summed E-state index contributed by atoms with van der Waals surface area (Å²) in [6, 6.07) is 2.18. The van der Waals surface area contributed by atoms with Crippen LogP contribution in [0.1, 0.15) is 19.4 Å². The number of nitro groups is 1. The van der Waals surface area contributed by atoms with Gasteiger partial charge in [-0.15, -0.1) is 0 Å². The van der Waals surface area contributed by atoms with Gasteiger partial charge in [-0.3, -0.25) is 19.7 Å². The van der Waals surface area contributed by atoms with Crippen molar-refractivity contribution in [2.75, 3.05) is 14.2 Å². The summed E-state index contributed by atoms with van der Waals surface area (Å²) in [4.78, 5) is 33.4. The van der Waals surface area contributed by atoms with Crippen LogP contribution in [-0.2, 0) is 9.59 Å². The summed E-state index contributed by atoms with van der Waals surface area (Å²) in [5.74, 6) is -1.98. The summed E-state index contributed by atoms with van der Waals surface area (Å²) in [5.41, 5.74) is -1.34. The smallest absolute Gasteiger partial charge is 0.284 e. The molecule has 0 bridgehead atoms. The standard InChI is InChI=1S/C14H15NO7/c1-7(16)13(8(2)17)14(18)9-5-11(21-3)12(22-4)6-10(9)15(19)20/h5-6,18H,1-4H3. The maximum atomic E-state index is 11.5. The van der Waals surface area contributed by atoms with E-state index >= 15 is 0 Å². The third-order valence-electron chi connectivity index (χ3n) is 2.89. The highest BCUT2D eigenvalue weighted by Gasteiger charge is 2.26. The molecule has 0 fully saturated rings. The zero-order valence-corrected chi connectivity index (χ0v) is 12.5. The van der Waals surface area contributed by atoms with Crippen LogP contribution in [0.4, 0.5) is 5.69 Å². The molecule has 0 aromatic heterocycles. The Balaban J connectivity index is 3.77. The summed E-state index contributed by atoms with van der Waals surface area (Å²) < 4.78 is 9.97. The van der Waals surface area contributed by atoms with Crippen LogP contribution in [0.15, 0.2) is 17.7 Å². The van der Waals surface area contributed by atoms with Crippen LogP contribution in [0.5, 0.6) is 11.5 Å². The molecule has 1 rings (SSSR count). The van der Waals surface area contributed by atoms with E-state index in [0.29, 0.717) is 0 Å². The third kappa shape index (κ3) is 3.22. The lowest BCUT2D eigenvalue weighted by Crippen LogP contribution is -2.10. The van der Waals surface area contributed by atoms with E-state index in [0.717, 1.165) is 26.0 Å². The molecule has 8 heteroatoms. The second-order valence-corrected chi connectivity index (χ2v) is 4.32. The molecule has 8 nitrogen and oxygen atoms in total. The summed E-state index contributed by atoms with van der Waals surface area (Å²) in [5, 5.41) is 21.3. The first-order valence-corrected chi connectivity index (χ1v) is 6.10. The van der Waals surface area contributed by atoms with E-state index in [4.69, 9.17) is 9.47 Å². The van der Waals surface area contributed by atoms with Crippen molar-refractivity contribution < 1.29 is 29.1 Å². The molecule has 1 N–H and O–H groups in total. The minimum Gasteiger partial charge on any atom is -0.506 e. The minimum atomic E-state index is -0.771. The molecule has 0 saturated heterocycles. The molecule has 0 heterocycles. The van der Waals surface area contributed by atoms with Crippen molar-refractivity contribution in [3.05, 3.63) is 33.4 Å². The number of nitrogens with zero attached hydrogens (tertiary/aromatic N) is 1. The van der Waals surface area contributed by atoms with Crippen LogP contribution in [0, 0.1) is 10.1 Å². The SMILES string of the molecule is COc1cc(C(O)=C(C(C)=O)C(C)=O)c([N+](=O)[O-])cc1OC. The van der Waals surface area contributed by atoms with Gasteiger partial charge < -0.3 is 14.6 Å². The molecule has 0 aliphatic heterocycles. The molecule has 0 aliphatic carbocycles. The van der Waals surface area contributed by atoms with Crippen LogP contribution < -0.4 is 9.47 Å². The molecular weight excluding hydrogens is 294 g/mol. The molecule has 0 spiro atoms. The van der Waals surface area contributed by atoms with Gasteiger partial charge in [0.1, 0.15) is 11.3 Å². The lowest BCUT2D eigenvalue weighted by molar-refractivity contribution is -0.385. The number of aliphatic hydroxyl groups is 1. The van der Waals surface area contributed by atoms with Gasteiger partial charge in [0.25, 0.3) is 5.69 Å². The number of hydrogen-bond donors (Lipinski definition) is 1. The van der Waals surface area contributed by atoms with E-state index in [1.807, 2.05) is 0 Å². The normalized spacial score (nSPS) is 9.82. The van der Waals surface area contributed by atoms with E-state index in [2.05, 4.69) is 0 Å². The maximum Gasteiger partial charge on any atom is 0.284 e. The fourth-order valence-electron chi connectivity index (χ4n) is 1.93. The van der Waals surface area contributed by atoms with E-state index in [1.54, 1.807) is 0 Å². The minimum absolute atomic E-state index is 0.0814. The molecule has 0 saturated carbocycles. The number of hydrogen-bond acceptors (Lipinski definition) is 7. The molecule has 1 aromatic carbocycles. The van der Waals surface area contributed by atoms with Crippen molar-refractivity contribution in [3.63, 3.8) is 0 Å². The number of methoxy groups -OCH3 is 2. The predicted octanol–water partition coefficient (Wildman–Crippen LogP) is 2.06. The molecule has 0 radical (unpaired) electrons. The average Bonchev–Trinajstić information content (AvgIpc) is 2.44. The van der Waals surface area contributed by atoms with Crippen molar-refractivity contribution in [2.24, 2.45) is 0 Å². The largest absolute Gasteiger partial charge is 0.506 e. The highest BCUT2D eigenvalue weighted by molar-refractivity contribution is 6.23. The monoisotopic (exact) mass is 309 g/mol. The quantitative estimate of drug-likeness (QED) is 0.213. The number of allylic oxidation sites excluding steroid dienone is 1. The average molecular weight is 309 g/mol. The Bertz CT molecular complexity index is 660. The Morgan fingerprint density at radius 3 is 1.91 bits per heavy atom. The number of nitro benzene ring substituents is 1. The summed E-state index contributed by atoms with van der Waals surface area (Å²) in [6.07, 6.45) is 0. The second-order valence-electron chi connectivity index (χ2n) is 4.32.